The third kappa shape index (κ3) is 8.90. The lowest BCUT2D eigenvalue weighted by atomic mass is 9.81. The molecule has 6 aromatic rings. The van der Waals surface area contributed by atoms with Gasteiger partial charge in [0, 0.05) is 39.3 Å². The summed E-state index contributed by atoms with van der Waals surface area (Å²) in [6.07, 6.45) is 3.73. The second kappa shape index (κ2) is 15.6. The molecule has 0 radical (unpaired) electrons. The van der Waals surface area contributed by atoms with E-state index in [2.05, 4.69) is 111 Å². The number of hydrogen-bond donors (Lipinski definition) is 0. The van der Waals surface area contributed by atoms with Crippen molar-refractivity contribution in [2.24, 2.45) is 0 Å². The highest BCUT2D eigenvalue weighted by atomic mass is 35.5. The zero-order valence-electron chi connectivity index (χ0n) is 32.3. The molecule has 4 aromatic carbocycles. The van der Waals surface area contributed by atoms with Gasteiger partial charge in [0.25, 0.3) is 0 Å². The van der Waals surface area contributed by atoms with Crippen molar-refractivity contribution in [1.82, 2.24) is 9.97 Å². The van der Waals surface area contributed by atoms with Gasteiger partial charge in [0.2, 0.25) is 0 Å². The Morgan fingerprint density at radius 1 is 0.596 bits per heavy atom. The zero-order valence-corrected chi connectivity index (χ0v) is 33.1. The Bertz CT molecular complexity index is 2230. The van der Waals surface area contributed by atoms with E-state index in [1.807, 2.05) is 78.2 Å². The van der Waals surface area contributed by atoms with Crippen molar-refractivity contribution < 1.29 is 9.31 Å². The number of hydrogen-bond acceptors (Lipinski definition) is 4. The fraction of sp³-hybridized carbons (Fsp3) is 0.261. The molecule has 266 valence electrons. The summed E-state index contributed by atoms with van der Waals surface area (Å²) in [5, 5.41) is 5.41. The third-order valence-electron chi connectivity index (χ3n) is 9.63. The van der Waals surface area contributed by atoms with Gasteiger partial charge in [-0.05, 0) is 140 Å². The second-order valence-electron chi connectivity index (χ2n) is 15.1. The predicted molar refractivity (Wildman–Crippen MR) is 224 cm³/mol. The minimum Gasteiger partial charge on any atom is -0.400 e. The Morgan fingerprint density at radius 3 is 1.42 bits per heavy atom. The topological polar surface area (TPSA) is 44.2 Å². The Hall–Kier alpha value is -4.55. The molecule has 2 aromatic heterocycles. The van der Waals surface area contributed by atoms with Crippen LogP contribution in [0.15, 0.2) is 116 Å². The molecule has 0 atom stereocenters. The van der Waals surface area contributed by atoms with E-state index in [1.54, 1.807) is 0 Å². The minimum absolute atomic E-state index is 0.239. The summed E-state index contributed by atoms with van der Waals surface area (Å²) in [6.45, 7) is 28.4. The summed E-state index contributed by atoms with van der Waals surface area (Å²) in [6, 6.07) is 29.5. The number of rotatable bonds is 4. The molecule has 1 fully saturated rings. The molecule has 1 aliphatic heterocycles. The summed E-state index contributed by atoms with van der Waals surface area (Å²) in [5.41, 5.74) is 12.2. The average Bonchev–Trinajstić information content (AvgIpc) is 3.29. The highest BCUT2D eigenvalue weighted by molar-refractivity contribution is 6.54. The van der Waals surface area contributed by atoms with Crippen LogP contribution in [0.4, 0.5) is 0 Å². The molecule has 0 amide bonds. The zero-order chi connectivity index (χ0) is 38.0. The van der Waals surface area contributed by atoms with Gasteiger partial charge in [0.1, 0.15) is 0 Å². The molecule has 6 heteroatoms. The quantitative estimate of drug-likeness (QED) is 0.171. The van der Waals surface area contributed by atoms with E-state index in [0.29, 0.717) is 0 Å². The Labute approximate surface area is 315 Å². The van der Waals surface area contributed by atoms with E-state index in [4.69, 9.17) is 20.9 Å². The van der Waals surface area contributed by atoms with Gasteiger partial charge in [0.05, 0.1) is 22.6 Å². The summed E-state index contributed by atoms with van der Waals surface area (Å²) in [5.74, 6) is 0. The Balaban J connectivity index is 0.000000157. The van der Waals surface area contributed by atoms with E-state index in [9.17, 15) is 0 Å². The van der Waals surface area contributed by atoms with Gasteiger partial charge in [-0.25, -0.2) is 0 Å². The lowest BCUT2D eigenvalue weighted by Crippen LogP contribution is -2.41. The van der Waals surface area contributed by atoms with Crippen LogP contribution in [-0.4, -0.2) is 28.3 Å². The molecule has 0 unspecified atom stereocenters. The van der Waals surface area contributed by atoms with E-state index in [0.717, 1.165) is 43.8 Å². The number of pyridine rings is 2. The lowest BCUT2D eigenvalue weighted by Gasteiger charge is -2.32. The van der Waals surface area contributed by atoms with Crippen molar-refractivity contribution in [3.05, 3.63) is 149 Å². The highest BCUT2D eigenvalue weighted by Gasteiger charge is 2.51. The molecule has 4 nitrogen and oxygen atoms in total. The number of allylic oxidation sites excluding steroid dienone is 2. The molecule has 0 saturated carbocycles. The summed E-state index contributed by atoms with van der Waals surface area (Å²) in [4.78, 5) is 9.16. The number of benzene rings is 4. The summed E-state index contributed by atoms with van der Waals surface area (Å²) >= 11 is 6.05. The maximum absolute atomic E-state index is 6.05. The summed E-state index contributed by atoms with van der Waals surface area (Å²) < 4.78 is 11.4. The number of aryl methyl sites for hydroxylation is 4. The van der Waals surface area contributed by atoms with Crippen molar-refractivity contribution in [2.45, 2.75) is 80.4 Å². The van der Waals surface area contributed by atoms with Crippen molar-refractivity contribution in [3.63, 3.8) is 0 Å². The monoisotopic (exact) mass is 708 g/mol. The maximum Gasteiger partial charge on any atom is 0.489 e. The van der Waals surface area contributed by atoms with Crippen LogP contribution in [0.5, 0.6) is 0 Å². The predicted octanol–water partition coefficient (Wildman–Crippen LogP) is 12.9. The second-order valence-corrected chi connectivity index (χ2v) is 15.5. The summed E-state index contributed by atoms with van der Waals surface area (Å²) in [7, 11) is -0.241. The van der Waals surface area contributed by atoms with Crippen LogP contribution < -0.4 is 0 Å². The fourth-order valence-electron chi connectivity index (χ4n) is 6.32. The van der Waals surface area contributed by atoms with E-state index < -0.39 is 0 Å². The normalized spacial score (nSPS) is 14.3. The molecule has 0 aliphatic carbocycles. The first-order valence-corrected chi connectivity index (χ1v) is 18.1. The van der Waals surface area contributed by atoms with Crippen LogP contribution in [0.3, 0.4) is 0 Å². The van der Waals surface area contributed by atoms with Crippen LogP contribution in [-0.2, 0) is 9.31 Å². The maximum atomic E-state index is 6.05. The van der Waals surface area contributed by atoms with Crippen molar-refractivity contribution >= 4 is 45.8 Å². The molecular formula is C46H50BClN2O2. The van der Waals surface area contributed by atoms with Crippen LogP contribution in [0.2, 0.25) is 5.02 Å². The molecule has 52 heavy (non-hydrogen) atoms. The Kier molecular flexibility index (Phi) is 11.6. The van der Waals surface area contributed by atoms with Crippen LogP contribution in [0.25, 0.3) is 49.6 Å². The van der Waals surface area contributed by atoms with Gasteiger partial charge in [-0.2, -0.15) is 0 Å². The van der Waals surface area contributed by atoms with Crippen LogP contribution in [0.1, 0.15) is 69.4 Å². The smallest absolute Gasteiger partial charge is 0.400 e. The molecular weight excluding hydrogens is 659 g/mol. The van der Waals surface area contributed by atoms with Crippen molar-refractivity contribution in [1.29, 1.82) is 0 Å². The average molecular weight is 709 g/mol. The van der Waals surface area contributed by atoms with E-state index >= 15 is 0 Å². The van der Waals surface area contributed by atoms with E-state index in [1.165, 1.54) is 44.2 Å². The first kappa shape index (κ1) is 38.7. The van der Waals surface area contributed by atoms with Crippen LogP contribution in [0, 0.1) is 27.7 Å². The lowest BCUT2D eigenvalue weighted by molar-refractivity contribution is 0.00578. The molecule has 0 N–H and O–H groups in total. The number of fused-ring (bicyclic) bond motifs is 2. The minimum atomic E-state index is -0.241. The molecule has 7 rings (SSSR count). The number of aromatic nitrogens is 2. The SMILES string of the molecule is C=C(C)B1OC(C)(C)C(C)(C)O1.C=C(C)c1ccc2c(-c3cc(C)cc(C)c3)nccc2c1.Cc1cc(C)cc(-c2nccc3cc(Cl)ccc23)c1. The first-order valence-electron chi connectivity index (χ1n) is 17.7. The standard InChI is InChI=1S/C20H19N.C17H14ClN.C9H17BO2/c1-13(2)16-5-6-19-17(12-16)7-8-21-20(19)18-10-14(3)9-15(4)11-18;1-11-7-12(2)9-14(8-11)17-16-4-3-15(18)10-13(16)5-6-19-17;1-7(2)10-11-8(3,4)9(5,6)12-10/h5-12H,1H2,2-4H3;3-10H,1-2H3;1H2,2-6H3. The van der Waals surface area contributed by atoms with Gasteiger partial charge < -0.3 is 9.31 Å². The fourth-order valence-corrected chi connectivity index (χ4v) is 6.50. The first-order chi connectivity index (χ1) is 24.4. The molecule has 0 bridgehead atoms. The largest absolute Gasteiger partial charge is 0.489 e. The van der Waals surface area contributed by atoms with Crippen molar-refractivity contribution in [2.75, 3.05) is 0 Å². The molecule has 3 heterocycles. The molecule has 1 aliphatic rings. The Morgan fingerprint density at radius 2 is 1.02 bits per heavy atom. The molecule has 1 saturated heterocycles. The van der Waals surface area contributed by atoms with Gasteiger partial charge in [-0.1, -0.05) is 81.8 Å². The van der Waals surface area contributed by atoms with Gasteiger partial charge in [0.15, 0.2) is 0 Å². The van der Waals surface area contributed by atoms with E-state index in [-0.39, 0.29) is 18.3 Å². The number of halogens is 1. The van der Waals surface area contributed by atoms with Crippen LogP contribution >= 0.6 is 11.6 Å². The molecule has 0 spiro atoms. The van der Waals surface area contributed by atoms with Crippen molar-refractivity contribution in [3.8, 4) is 22.5 Å². The van der Waals surface area contributed by atoms with Gasteiger partial charge in [-0.15, -0.1) is 6.58 Å². The number of nitrogens with zero attached hydrogens (tertiary/aromatic N) is 2. The van der Waals surface area contributed by atoms with Gasteiger partial charge in [-0.3, -0.25) is 9.97 Å². The third-order valence-corrected chi connectivity index (χ3v) is 9.86. The highest BCUT2D eigenvalue weighted by Crippen LogP contribution is 2.38. The van der Waals surface area contributed by atoms with Gasteiger partial charge >= 0.3 is 7.12 Å².